The maximum absolute atomic E-state index is 13.8. The van der Waals surface area contributed by atoms with Crippen molar-refractivity contribution < 1.29 is 23.9 Å². The number of hydrogen-bond donors (Lipinski definition) is 1. The van der Waals surface area contributed by atoms with Crippen LogP contribution in [-0.2, 0) is 14.4 Å². The number of hydrogen-bond acceptors (Lipinski definition) is 7. The number of amides is 3. The first-order chi connectivity index (χ1) is 18.8. The maximum Gasteiger partial charge on any atom is 0.267 e. The van der Waals surface area contributed by atoms with Gasteiger partial charge in [0.2, 0.25) is 5.91 Å². The van der Waals surface area contributed by atoms with E-state index in [0.29, 0.717) is 32.8 Å². The lowest BCUT2D eigenvalue weighted by atomic mass is 10.1. The van der Waals surface area contributed by atoms with Gasteiger partial charge in [0.05, 0.1) is 42.1 Å². The Hall–Kier alpha value is -4.15. The Morgan fingerprint density at radius 3 is 2.41 bits per heavy atom. The largest absolute Gasteiger partial charge is 0.497 e. The highest BCUT2D eigenvalue weighted by atomic mass is 32.2. The Bertz CT molecular complexity index is 1520. The topological polar surface area (TPSA) is 88.2 Å². The average molecular weight is 560 g/mol. The Kier molecular flexibility index (Phi) is 7.40. The second-order valence-corrected chi connectivity index (χ2v) is 10.5. The van der Waals surface area contributed by atoms with Crippen LogP contribution in [-0.4, -0.2) is 47.7 Å². The van der Waals surface area contributed by atoms with Crippen LogP contribution in [0.3, 0.4) is 0 Å². The lowest BCUT2D eigenvalue weighted by Crippen LogP contribution is -2.36. The van der Waals surface area contributed by atoms with Crippen LogP contribution in [0.2, 0.25) is 0 Å². The van der Waals surface area contributed by atoms with Gasteiger partial charge < -0.3 is 14.8 Å². The molecule has 2 aliphatic heterocycles. The van der Waals surface area contributed by atoms with Crippen molar-refractivity contribution >= 4 is 63.0 Å². The highest BCUT2D eigenvalue weighted by molar-refractivity contribution is 8.26. The number of anilines is 2. The van der Waals surface area contributed by atoms with E-state index in [2.05, 4.69) is 5.32 Å². The molecule has 1 N–H and O–H groups in total. The van der Waals surface area contributed by atoms with Gasteiger partial charge in [-0.1, -0.05) is 72.5 Å². The summed E-state index contributed by atoms with van der Waals surface area (Å²) in [5, 5.41) is 2.80. The van der Waals surface area contributed by atoms with Crippen LogP contribution >= 0.6 is 24.0 Å². The van der Waals surface area contributed by atoms with Gasteiger partial charge in [-0.2, -0.15) is 0 Å². The predicted octanol–water partition coefficient (Wildman–Crippen LogP) is 5.02. The van der Waals surface area contributed by atoms with Crippen molar-refractivity contribution in [3.05, 3.63) is 88.8 Å². The fourth-order valence-electron chi connectivity index (χ4n) is 4.64. The van der Waals surface area contributed by atoms with E-state index < -0.39 is 11.8 Å². The number of para-hydroxylation sites is 1. The molecule has 10 heteroatoms. The number of methoxy groups -OCH3 is 2. The molecule has 0 aliphatic carbocycles. The molecule has 1 fully saturated rings. The van der Waals surface area contributed by atoms with Crippen LogP contribution in [0.4, 0.5) is 11.4 Å². The molecule has 0 unspecified atom stereocenters. The number of nitrogens with zero attached hydrogens (tertiary/aromatic N) is 2. The normalized spacial score (nSPS) is 17.4. The summed E-state index contributed by atoms with van der Waals surface area (Å²) in [6.07, 6.45) is 0. The minimum atomic E-state index is -0.430. The fourth-order valence-corrected chi connectivity index (χ4v) is 6.13. The van der Waals surface area contributed by atoms with Crippen LogP contribution in [0, 0.1) is 0 Å². The van der Waals surface area contributed by atoms with Crippen LogP contribution < -0.4 is 19.7 Å². The summed E-state index contributed by atoms with van der Waals surface area (Å²) in [4.78, 5) is 43.7. The maximum atomic E-state index is 13.8. The van der Waals surface area contributed by atoms with Gasteiger partial charge in [-0.25, -0.2) is 0 Å². The molecule has 3 aromatic rings. The standard InChI is InChI=1S/C29H25N3O5S2/c1-17(18-9-5-4-6-10-18)32-28(35)26(39-29(32)38)25-20-11-7-8-12-22(20)31(27(25)34)16-24(33)30-21-14-13-19(36-2)15-23(21)37-3/h4-15,17H,16H2,1-3H3,(H,30,33)/b26-25-/t17-/m0/s1. The first kappa shape index (κ1) is 26.5. The van der Waals surface area contributed by atoms with Gasteiger partial charge in [-0.15, -0.1) is 0 Å². The third-order valence-corrected chi connectivity index (χ3v) is 8.00. The van der Waals surface area contributed by atoms with Gasteiger partial charge in [0.15, 0.2) is 0 Å². The van der Waals surface area contributed by atoms with Crippen molar-refractivity contribution in [3.8, 4) is 11.5 Å². The van der Waals surface area contributed by atoms with Gasteiger partial charge >= 0.3 is 0 Å². The number of thioether (sulfide) groups is 1. The molecule has 0 aromatic heterocycles. The monoisotopic (exact) mass is 559 g/mol. The minimum Gasteiger partial charge on any atom is -0.497 e. The number of carbonyl (C=O) groups is 3. The van der Waals surface area contributed by atoms with E-state index in [1.807, 2.05) is 37.3 Å². The molecule has 5 rings (SSSR count). The molecule has 2 heterocycles. The molecule has 0 radical (unpaired) electrons. The lowest BCUT2D eigenvalue weighted by Gasteiger charge is -2.23. The van der Waals surface area contributed by atoms with E-state index in [4.69, 9.17) is 21.7 Å². The van der Waals surface area contributed by atoms with Crippen molar-refractivity contribution in [2.45, 2.75) is 13.0 Å². The second-order valence-electron chi connectivity index (χ2n) is 8.86. The summed E-state index contributed by atoms with van der Waals surface area (Å²) in [6, 6.07) is 21.4. The van der Waals surface area contributed by atoms with Crippen molar-refractivity contribution in [3.63, 3.8) is 0 Å². The summed E-state index contributed by atoms with van der Waals surface area (Å²) >= 11 is 6.69. The minimum absolute atomic E-state index is 0.250. The highest BCUT2D eigenvalue weighted by Gasteiger charge is 2.43. The van der Waals surface area contributed by atoms with E-state index in [9.17, 15) is 14.4 Å². The average Bonchev–Trinajstić information content (AvgIpc) is 3.39. The number of fused-ring (bicyclic) bond motifs is 1. The Balaban J connectivity index is 1.43. The first-order valence-corrected chi connectivity index (χ1v) is 13.3. The van der Waals surface area contributed by atoms with Crippen LogP contribution in [0.1, 0.15) is 24.1 Å². The number of benzene rings is 3. The molecule has 1 saturated heterocycles. The van der Waals surface area contributed by atoms with Gasteiger partial charge in [0.1, 0.15) is 22.4 Å². The smallest absolute Gasteiger partial charge is 0.267 e. The molecule has 0 saturated carbocycles. The molecule has 2 aliphatic rings. The van der Waals surface area contributed by atoms with Crippen molar-refractivity contribution in [2.24, 2.45) is 0 Å². The summed E-state index contributed by atoms with van der Waals surface area (Å²) in [5.74, 6) is -0.174. The SMILES string of the molecule is COc1ccc(NC(=O)CN2C(=O)/C(=C3\SC(=S)N([C@@H](C)c4ccccc4)C3=O)c3ccccc32)c(OC)c1. The Morgan fingerprint density at radius 1 is 0.974 bits per heavy atom. The molecule has 8 nitrogen and oxygen atoms in total. The first-order valence-electron chi connectivity index (χ1n) is 12.1. The molecule has 3 aromatic carbocycles. The quantitative estimate of drug-likeness (QED) is 0.321. The number of thiocarbonyl (C=S) groups is 1. The lowest BCUT2D eigenvalue weighted by molar-refractivity contribution is -0.123. The summed E-state index contributed by atoms with van der Waals surface area (Å²) in [5.41, 5.74) is 2.77. The zero-order valence-corrected chi connectivity index (χ0v) is 23.1. The number of nitrogens with one attached hydrogen (secondary N) is 1. The summed E-state index contributed by atoms with van der Waals surface area (Å²) in [6.45, 7) is 1.65. The predicted molar refractivity (Wildman–Crippen MR) is 156 cm³/mol. The van der Waals surface area contributed by atoms with E-state index in [-0.39, 0.29) is 29.0 Å². The van der Waals surface area contributed by atoms with Crippen molar-refractivity contribution in [1.29, 1.82) is 0 Å². The van der Waals surface area contributed by atoms with Crippen LogP contribution in [0.5, 0.6) is 11.5 Å². The van der Waals surface area contributed by atoms with E-state index in [1.54, 1.807) is 47.4 Å². The van der Waals surface area contributed by atoms with Gasteiger partial charge in [-0.3, -0.25) is 24.2 Å². The Morgan fingerprint density at radius 2 is 1.69 bits per heavy atom. The number of ether oxygens (including phenoxy) is 2. The third-order valence-electron chi connectivity index (χ3n) is 6.60. The Labute approximate surface area is 235 Å². The van der Waals surface area contributed by atoms with Gasteiger partial charge in [0.25, 0.3) is 11.8 Å². The number of carbonyl (C=O) groups excluding carboxylic acids is 3. The van der Waals surface area contributed by atoms with E-state index in [1.165, 1.54) is 19.1 Å². The zero-order chi connectivity index (χ0) is 27.7. The summed E-state index contributed by atoms with van der Waals surface area (Å²) in [7, 11) is 3.03. The van der Waals surface area contributed by atoms with E-state index >= 15 is 0 Å². The molecule has 198 valence electrons. The zero-order valence-electron chi connectivity index (χ0n) is 21.5. The fraction of sp³-hybridized carbons (Fsp3) is 0.172. The molecule has 1 atom stereocenters. The van der Waals surface area contributed by atoms with Crippen molar-refractivity contribution in [2.75, 3.05) is 31.0 Å². The second kappa shape index (κ2) is 10.9. The molecular weight excluding hydrogens is 534 g/mol. The molecule has 0 spiro atoms. The van der Waals surface area contributed by atoms with Gasteiger partial charge in [-0.05, 0) is 30.7 Å². The van der Waals surface area contributed by atoms with Crippen molar-refractivity contribution in [1.82, 2.24) is 4.90 Å². The molecule has 39 heavy (non-hydrogen) atoms. The van der Waals surface area contributed by atoms with Crippen LogP contribution in [0.15, 0.2) is 77.7 Å². The highest BCUT2D eigenvalue weighted by Crippen LogP contribution is 2.46. The third kappa shape index (κ3) is 4.88. The molecule has 0 bridgehead atoms. The summed E-state index contributed by atoms with van der Waals surface area (Å²) < 4.78 is 11.0. The van der Waals surface area contributed by atoms with Gasteiger partial charge in [0, 0.05) is 11.6 Å². The van der Waals surface area contributed by atoms with Crippen LogP contribution in [0.25, 0.3) is 5.57 Å². The number of rotatable bonds is 7. The van der Waals surface area contributed by atoms with E-state index in [0.717, 1.165) is 17.3 Å². The molecular formula is C29H25N3O5S2. The molecule has 3 amide bonds.